The summed E-state index contributed by atoms with van der Waals surface area (Å²) >= 11 is 6.96. The van der Waals surface area contributed by atoms with E-state index in [9.17, 15) is 9.59 Å². The molecule has 0 saturated heterocycles. The van der Waals surface area contributed by atoms with Crippen LogP contribution in [0.15, 0.2) is 53.4 Å². The average Bonchev–Trinajstić information content (AvgIpc) is 2.62. The van der Waals surface area contributed by atoms with Gasteiger partial charge in [-0.3, -0.25) is 9.59 Å². The van der Waals surface area contributed by atoms with Crippen LogP contribution in [0.1, 0.15) is 12.8 Å². The summed E-state index contributed by atoms with van der Waals surface area (Å²) in [6.07, 6.45) is 0.975. The molecular formula is C19H21ClN2O3S. The van der Waals surface area contributed by atoms with E-state index in [4.69, 9.17) is 16.3 Å². The lowest BCUT2D eigenvalue weighted by atomic mass is 10.2. The van der Waals surface area contributed by atoms with E-state index in [0.717, 1.165) is 22.4 Å². The number of carbonyl (C=O) groups is 2. The Labute approximate surface area is 162 Å². The maximum Gasteiger partial charge on any atom is 0.285 e. The Morgan fingerprint density at radius 1 is 1.08 bits per heavy atom. The summed E-state index contributed by atoms with van der Waals surface area (Å²) in [5.74, 6) is 0.657. The van der Waals surface area contributed by atoms with Crippen molar-refractivity contribution >= 4 is 40.2 Å². The molecule has 2 amide bonds. The lowest BCUT2D eigenvalue weighted by Gasteiger charge is -2.10. The molecule has 0 unspecified atom stereocenters. The van der Waals surface area contributed by atoms with E-state index >= 15 is 0 Å². The summed E-state index contributed by atoms with van der Waals surface area (Å²) in [5.41, 5.74) is 0.704. The zero-order valence-electron chi connectivity index (χ0n) is 14.7. The van der Waals surface area contributed by atoms with Crippen LogP contribution in [-0.4, -0.2) is 36.7 Å². The second-order valence-electron chi connectivity index (χ2n) is 5.74. The second-order valence-corrected chi connectivity index (χ2v) is 7.20. The van der Waals surface area contributed by atoms with Gasteiger partial charge < -0.3 is 15.0 Å². The minimum absolute atomic E-state index is 0.0394. The van der Waals surface area contributed by atoms with Crippen LogP contribution in [0.25, 0.3) is 0 Å². The Hall–Kier alpha value is -2.18. The molecule has 0 atom stereocenters. The van der Waals surface area contributed by atoms with E-state index in [1.807, 2.05) is 12.1 Å². The molecule has 0 aliphatic carbocycles. The summed E-state index contributed by atoms with van der Waals surface area (Å²) in [5, 5.41) is 3.45. The predicted octanol–water partition coefficient (Wildman–Crippen LogP) is 4.91. The van der Waals surface area contributed by atoms with Gasteiger partial charge in [0.2, 0.25) is 5.91 Å². The highest BCUT2D eigenvalue weighted by molar-refractivity contribution is 8.13. The third-order valence-electron chi connectivity index (χ3n) is 3.34. The fourth-order valence-electron chi connectivity index (χ4n) is 1.98. The lowest BCUT2D eigenvalue weighted by molar-refractivity contribution is -0.116. The molecule has 2 aromatic rings. The average molecular weight is 393 g/mol. The molecule has 26 heavy (non-hydrogen) atoms. The van der Waals surface area contributed by atoms with Crippen molar-refractivity contribution in [3.8, 4) is 5.75 Å². The summed E-state index contributed by atoms with van der Waals surface area (Å²) in [6.45, 7) is 0.456. The van der Waals surface area contributed by atoms with E-state index in [1.165, 1.54) is 4.90 Å². The highest BCUT2D eigenvalue weighted by atomic mass is 35.5. The smallest absolute Gasteiger partial charge is 0.285 e. The van der Waals surface area contributed by atoms with Crippen LogP contribution >= 0.6 is 23.4 Å². The Balaban J connectivity index is 1.70. The van der Waals surface area contributed by atoms with Crippen molar-refractivity contribution in [3.63, 3.8) is 0 Å². The minimum Gasteiger partial charge on any atom is -0.494 e. The third kappa shape index (κ3) is 6.98. The van der Waals surface area contributed by atoms with Crippen LogP contribution < -0.4 is 10.1 Å². The van der Waals surface area contributed by atoms with E-state index in [2.05, 4.69) is 5.32 Å². The summed E-state index contributed by atoms with van der Waals surface area (Å²) < 4.78 is 5.56. The molecule has 138 valence electrons. The van der Waals surface area contributed by atoms with Crippen LogP contribution in [0.4, 0.5) is 10.5 Å². The number of amides is 2. The zero-order valence-corrected chi connectivity index (χ0v) is 16.3. The van der Waals surface area contributed by atoms with Crippen molar-refractivity contribution in [3.05, 3.63) is 53.6 Å². The standard InChI is InChI=1S/C19H21ClN2O3S/c1-22(2)19(24)26-17-11-7-15(8-12-17)21-18(23)4-3-13-25-16-9-5-14(20)6-10-16/h5-12H,3-4,13H2,1-2H3,(H,21,23). The van der Waals surface area contributed by atoms with Crippen LogP contribution in [0, 0.1) is 0 Å². The molecule has 0 fully saturated rings. The Morgan fingerprint density at radius 2 is 1.73 bits per heavy atom. The van der Waals surface area contributed by atoms with Crippen molar-refractivity contribution in [1.29, 1.82) is 0 Å². The number of rotatable bonds is 7. The van der Waals surface area contributed by atoms with E-state index < -0.39 is 0 Å². The Bertz CT molecular complexity index is 733. The number of thioether (sulfide) groups is 1. The van der Waals surface area contributed by atoms with Gasteiger partial charge in [0.15, 0.2) is 0 Å². The number of hydrogen-bond donors (Lipinski definition) is 1. The molecule has 0 aromatic heterocycles. The monoisotopic (exact) mass is 392 g/mol. The number of benzene rings is 2. The van der Waals surface area contributed by atoms with Crippen LogP contribution in [-0.2, 0) is 4.79 Å². The van der Waals surface area contributed by atoms with Gasteiger partial charge in [0.1, 0.15) is 5.75 Å². The molecule has 0 radical (unpaired) electrons. The Morgan fingerprint density at radius 3 is 2.35 bits per heavy atom. The number of ether oxygens (including phenoxy) is 1. The molecule has 7 heteroatoms. The quantitative estimate of drug-likeness (QED) is 0.537. The van der Waals surface area contributed by atoms with E-state index in [-0.39, 0.29) is 11.1 Å². The first-order chi connectivity index (χ1) is 12.4. The topological polar surface area (TPSA) is 58.6 Å². The van der Waals surface area contributed by atoms with E-state index in [1.54, 1.807) is 50.5 Å². The molecular weight excluding hydrogens is 372 g/mol. The van der Waals surface area contributed by atoms with E-state index in [0.29, 0.717) is 30.2 Å². The highest BCUT2D eigenvalue weighted by Gasteiger charge is 2.07. The fourth-order valence-corrected chi connectivity index (χ4v) is 2.76. The molecule has 5 nitrogen and oxygen atoms in total. The molecule has 1 N–H and O–H groups in total. The van der Waals surface area contributed by atoms with Crippen molar-refractivity contribution in [2.45, 2.75) is 17.7 Å². The van der Waals surface area contributed by atoms with Gasteiger partial charge in [-0.2, -0.15) is 0 Å². The predicted molar refractivity (Wildman–Crippen MR) is 106 cm³/mol. The summed E-state index contributed by atoms with van der Waals surface area (Å²) in [7, 11) is 3.42. The zero-order chi connectivity index (χ0) is 18.9. The lowest BCUT2D eigenvalue weighted by Crippen LogP contribution is -2.16. The minimum atomic E-state index is -0.0746. The number of halogens is 1. The molecule has 0 spiro atoms. The van der Waals surface area contributed by atoms with Crippen LogP contribution in [0.2, 0.25) is 5.02 Å². The SMILES string of the molecule is CN(C)C(=O)Sc1ccc(NC(=O)CCCOc2ccc(Cl)cc2)cc1. The van der Waals surface area contributed by atoms with Gasteiger partial charge in [-0.1, -0.05) is 11.6 Å². The van der Waals surface area contributed by atoms with Gasteiger partial charge >= 0.3 is 0 Å². The van der Waals surface area contributed by atoms with Crippen LogP contribution in [0.3, 0.4) is 0 Å². The first-order valence-electron chi connectivity index (χ1n) is 8.11. The number of nitrogens with one attached hydrogen (secondary N) is 1. The highest BCUT2D eigenvalue weighted by Crippen LogP contribution is 2.22. The summed E-state index contributed by atoms with van der Waals surface area (Å²) in [4.78, 5) is 26.0. The molecule has 0 bridgehead atoms. The van der Waals surface area contributed by atoms with Gasteiger partial charge in [-0.05, 0) is 66.7 Å². The number of hydrogen-bond acceptors (Lipinski definition) is 4. The molecule has 0 aliphatic rings. The van der Waals surface area contributed by atoms with Crippen molar-refractivity contribution < 1.29 is 14.3 Å². The first-order valence-corrected chi connectivity index (χ1v) is 9.31. The van der Waals surface area contributed by atoms with Gasteiger partial charge in [-0.15, -0.1) is 0 Å². The second kappa shape index (κ2) is 10.1. The largest absolute Gasteiger partial charge is 0.494 e. The molecule has 2 rings (SSSR count). The van der Waals surface area contributed by atoms with Crippen LogP contribution in [0.5, 0.6) is 5.75 Å². The fraction of sp³-hybridized carbons (Fsp3) is 0.263. The maximum absolute atomic E-state index is 12.0. The molecule has 2 aromatic carbocycles. The molecule has 0 aliphatic heterocycles. The summed E-state index contributed by atoms with van der Waals surface area (Å²) in [6, 6.07) is 14.3. The Kier molecular flexibility index (Phi) is 7.81. The molecule has 0 heterocycles. The van der Waals surface area contributed by atoms with Gasteiger partial charge in [0.05, 0.1) is 6.61 Å². The molecule has 0 saturated carbocycles. The van der Waals surface area contributed by atoms with Gasteiger partial charge in [-0.25, -0.2) is 0 Å². The first kappa shape index (κ1) is 20.1. The van der Waals surface area contributed by atoms with Gasteiger partial charge in [0.25, 0.3) is 5.24 Å². The number of anilines is 1. The van der Waals surface area contributed by atoms with Crippen molar-refractivity contribution in [2.24, 2.45) is 0 Å². The van der Waals surface area contributed by atoms with Crippen molar-refractivity contribution in [1.82, 2.24) is 4.90 Å². The van der Waals surface area contributed by atoms with Gasteiger partial charge in [0, 0.05) is 36.1 Å². The normalized spacial score (nSPS) is 10.3. The number of nitrogens with zero attached hydrogens (tertiary/aromatic N) is 1. The third-order valence-corrected chi connectivity index (χ3v) is 4.64. The number of carbonyl (C=O) groups excluding carboxylic acids is 2. The maximum atomic E-state index is 12.0. The van der Waals surface area contributed by atoms with Crippen molar-refractivity contribution in [2.75, 3.05) is 26.0 Å².